The Kier molecular flexibility index (Phi) is 3.86. The number of rotatable bonds is 3. The number of hydrogen-bond acceptors (Lipinski definition) is 1. The van der Waals surface area contributed by atoms with Crippen LogP contribution in [0.4, 0.5) is 10.1 Å². The van der Waals surface area contributed by atoms with E-state index in [4.69, 9.17) is 23.2 Å². The lowest BCUT2D eigenvalue weighted by molar-refractivity contribution is 0.374. The predicted octanol–water partition coefficient (Wildman–Crippen LogP) is 5.49. The zero-order valence-corrected chi connectivity index (χ0v) is 12.3. The van der Waals surface area contributed by atoms with Crippen molar-refractivity contribution in [1.29, 1.82) is 0 Å². The van der Waals surface area contributed by atoms with Crippen molar-refractivity contribution in [3.63, 3.8) is 0 Å². The summed E-state index contributed by atoms with van der Waals surface area (Å²) in [6, 6.07) is 12.8. The molecule has 2 aromatic carbocycles. The van der Waals surface area contributed by atoms with Crippen LogP contribution in [0.2, 0.25) is 10.0 Å². The van der Waals surface area contributed by atoms with Gasteiger partial charge >= 0.3 is 0 Å². The van der Waals surface area contributed by atoms with Crippen molar-refractivity contribution in [3.05, 3.63) is 63.9 Å². The molecule has 2 aromatic rings. The quantitative estimate of drug-likeness (QED) is 0.790. The number of halogens is 3. The van der Waals surface area contributed by atoms with Gasteiger partial charge in [0.2, 0.25) is 0 Å². The molecule has 20 heavy (non-hydrogen) atoms. The topological polar surface area (TPSA) is 12.0 Å². The zero-order chi connectivity index (χ0) is 14.1. The van der Waals surface area contributed by atoms with Crippen LogP contribution < -0.4 is 5.32 Å². The highest BCUT2D eigenvalue weighted by Crippen LogP contribution is 2.40. The van der Waals surface area contributed by atoms with E-state index < -0.39 is 0 Å². The van der Waals surface area contributed by atoms with Crippen molar-refractivity contribution in [2.45, 2.75) is 24.8 Å². The number of anilines is 1. The van der Waals surface area contributed by atoms with Crippen LogP contribution in [0.1, 0.15) is 24.3 Å². The molecule has 0 saturated heterocycles. The van der Waals surface area contributed by atoms with Crippen LogP contribution in [-0.2, 0) is 0 Å². The minimum atomic E-state index is -0.314. The van der Waals surface area contributed by atoms with Crippen molar-refractivity contribution >= 4 is 28.9 Å². The van der Waals surface area contributed by atoms with Crippen molar-refractivity contribution in [2.75, 3.05) is 5.32 Å². The fourth-order valence-corrected chi connectivity index (χ4v) is 3.02. The smallest absolute Gasteiger partial charge is 0.124 e. The normalized spacial score (nSPS) is 21.4. The van der Waals surface area contributed by atoms with Gasteiger partial charge in [0.1, 0.15) is 5.82 Å². The maximum atomic E-state index is 13.0. The molecule has 0 spiro atoms. The lowest BCUT2D eigenvalue weighted by Crippen LogP contribution is -2.34. The summed E-state index contributed by atoms with van der Waals surface area (Å²) in [6.07, 6.45) is 2.07. The van der Waals surface area contributed by atoms with Crippen molar-refractivity contribution < 1.29 is 4.39 Å². The summed E-state index contributed by atoms with van der Waals surface area (Å²) < 4.78 is 13.0. The lowest BCUT2D eigenvalue weighted by atomic mass is 9.76. The van der Waals surface area contributed by atoms with Gasteiger partial charge in [-0.3, -0.25) is 0 Å². The van der Waals surface area contributed by atoms with E-state index >= 15 is 0 Å². The van der Waals surface area contributed by atoms with Crippen molar-refractivity contribution in [1.82, 2.24) is 0 Å². The summed E-state index contributed by atoms with van der Waals surface area (Å²) in [7, 11) is 0. The van der Waals surface area contributed by atoms with Gasteiger partial charge in [0.15, 0.2) is 0 Å². The molecule has 0 radical (unpaired) electrons. The standard InChI is InChI=1S/C16H14Cl2FN/c17-12-3-1-2-10(6-12)11-7-14(8-11)20-16-5-4-13(19)9-15(16)18/h1-6,9,11,14,20H,7-8H2. The van der Waals surface area contributed by atoms with Crippen LogP contribution in [0.15, 0.2) is 42.5 Å². The molecule has 1 fully saturated rings. The summed E-state index contributed by atoms with van der Waals surface area (Å²) in [4.78, 5) is 0. The first kappa shape index (κ1) is 13.7. The highest BCUT2D eigenvalue weighted by molar-refractivity contribution is 6.33. The summed E-state index contributed by atoms with van der Waals surface area (Å²) in [6.45, 7) is 0. The molecule has 1 saturated carbocycles. The molecule has 0 aromatic heterocycles. The highest BCUT2D eigenvalue weighted by atomic mass is 35.5. The van der Waals surface area contributed by atoms with Gasteiger partial charge in [0, 0.05) is 11.1 Å². The third-order valence-electron chi connectivity index (χ3n) is 3.75. The van der Waals surface area contributed by atoms with Crippen LogP contribution >= 0.6 is 23.2 Å². The Balaban J connectivity index is 1.61. The summed E-state index contributed by atoms with van der Waals surface area (Å²) >= 11 is 12.0. The second-order valence-corrected chi connectivity index (χ2v) is 6.03. The van der Waals surface area contributed by atoms with Crippen LogP contribution in [0, 0.1) is 5.82 Å². The maximum absolute atomic E-state index is 13.0. The first-order valence-corrected chi connectivity index (χ1v) is 7.34. The van der Waals surface area contributed by atoms with Crippen LogP contribution in [-0.4, -0.2) is 6.04 Å². The number of hydrogen-bond donors (Lipinski definition) is 1. The van der Waals surface area contributed by atoms with Gasteiger partial charge in [-0.1, -0.05) is 35.3 Å². The Bertz CT molecular complexity index is 624. The van der Waals surface area contributed by atoms with Gasteiger partial charge in [-0.05, 0) is 54.7 Å². The molecule has 0 atom stereocenters. The monoisotopic (exact) mass is 309 g/mol. The average molecular weight is 310 g/mol. The Morgan fingerprint density at radius 1 is 1.05 bits per heavy atom. The first-order valence-electron chi connectivity index (χ1n) is 6.59. The molecule has 0 unspecified atom stereocenters. The third-order valence-corrected chi connectivity index (χ3v) is 4.30. The SMILES string of the molecule is Fc1ccc(NC2CC(c3cccc(Cl)c3)C2)c(Cl)c1. The second-order valence-electron chi connectivity index (χ2n) is 5.19. The van der Waals surface area contributed by atoms with Crippen LogP contribution in [0.5, 0.6) is 0 Å². The highest BCUT2D eigenvalue weighted by Gasteiger charge is 2.30. The molecule has 1 aliphatic rings. The van der Waals surface area contributed by atoms with Crippen molar-refractivity contribution in [2.24, 2.45) is 0 Å². The molecule has 0 aliphatic heterocycles. The minimum Gasteiger partial charge on any atom is -0.381 e. The van der Waals surface area contributed by atoms with Gasteiger partial charge in [-0.25, -0.2) is 4.39 Å². The summed E-state index contributed by atoms with van der Waals surface area (Å²) in [5.74, 6) is 0.219. The van der Waals surface area contributed by atoms with E-state index in [1.807, 2.05) is 18.2 Å². The fourth-order valence-electron chi connectivity index (χ4n) is 2.59. The Morgan fingerprint density at radius 2 is 1.85 bits per heavy atom. The Labute approximate surface area is 127 Å². The van der Waals surface area contributed by atoms with E-state index in [2.05, 4.69) is 11.4 Å². The number of benzene rings is 2. The molecule has 0 heterocycles. The van der Waals surface area contributed by atoms with Gasteiger partial charge < -0.3 is 5.32 Å². The number of nitrogens with one attached hydrogen (secondary N) is 1. The van der Waals surface area contributed by atoms with Gasteiger partial charge in [-0.15, -0.1) is 0 Å². The lowest BCUT2D eigenvalue weighted by Gasteiger charge is -2.37. The van der Waals surface area contributed by atoms with Gasteiger partial charge in [0.25, 0.3) is 0 Å². The first-order chi connectivity index (χ1) is 9.61. The molecule has 1 nitrogen and oxygen atoms in total. The average Bonchev–Trinajstić information content (AvgIpc) is 2.35. The van der Waals surface area contributed by atoms with E-state index in [0.717, 1.165) is 23.6 Å². The molecular formula is C16H14Cl2FN. The Hall–Kier alpha value is -1.25. The van der Waals surface area contributed by atoms with Crippen LogP contribution in [0.3, 0.4) is 0 Å². The molecule has 1 N–H and O–H groups in total. The van der Waals surface area contributed by atoms with E-state index in [-0.39, 0.29) is 5.82 Å². The second kappa shape index (κ2) is 5.63. The molecule has 4 heteroatoms. The largest absolute Gasteiger partial charge is 0.381 e. The van der Waals surface area contributed by atoms with Gasteiger partial charge in [-0.2, -0.15) is 0 Å². The van der Waals surface area contributed by atoms with E-state index in [9.17, 15) is 4.39 Å². The Morgan fingerprint density at radius 3 is 2.55 bits per heavy atom. The third kappa shape index (κ3) is 2.92. The maximum Gasteiger partial charge on any atom is 0.124 e. The molecule has 0 amide bonds. The molecule has 0 bridgehead atoms. The molecule has 104 valence electrons. The molecule has 1 aliphatic carbocycles. The summed E-state index contributed by atoms with van der Waals surface area (Å²) in [5, 5.41) is 4.56. The zero-order valence-electron chi connectivity index (χ0n) is 10.7. The van der Waals surface area contributed by atoms with E-state index in [0.29, 0.717) is 17.0 Å². The minimum absolute atomic E-state index is 0.314. The van der Waals surface area contributed by atoms with Crippen molar-refractivity contribution in [3.8, 4) is 0 Å². The predicted molar refractivity (Wildman–Crippen MR) is 82.2 cm³/mol. The van der Waals surface area contributed by atoms with Crippen LogP contribution in [0.25, 0.3) is 0 Å². The summed E-state index contributed by atoms with van der Waals surface area (Å²) in [5.41, 5.74) is 2.07. The molecular weight excluding hydrogens is 296 g/mol. The fraction of sp³-hybridized carbons (Fsp3) is 0.250. The molecule has 3 rings (SSSR count). The van der Waals surface area contributed by atoms with Gasteiger partial charge in [0.05, 0.1) is 10.7 Å². The van der Waals surface area contributed by atoms with E-state index in [1.54, 1.807) is 6.07 Å². The van der Waals surface area contributed by atoms with E-state index in [1.165, 1.54) is 17.7 Å².